The van der Waals surface area contributed by atoms with E-state index in [1.807, 2.05) is 42.5 Å². The van der Waals surface area contributed by atoms with E-state index < -0.39 is 0 Å². The molecule has 0 spiro atoms. The minimum atomic E-state index is -0.367. The molecule has 144 valence electrons. The van der Waals surface area contributed by atoms with Gasteiger partial charge in [-0.2, -0.15) is 0 Å². The van der Waals surface area contributed by atoms with Crippen molar-refractivity contribution in [1.29, 1.82) is 0 Å². The number of benzene rings is 2. The van der Waals surface area contributed by atoms with Crippen LogP contribution in [0, 0.1) is 0 Å². The summed E-state index contributed by atoms with van der Waals surface area (Å²) in [7, 11) is 0. The number of rotatable bonds is 5. The van der Waals surface area contributed by atoms with Crippen molar-refractivity contribution in [1.82, 2.24) is 15.2 Å². The van der Waals surface area contributed by atoms with E-state index in [4.69, 9.17) is 4.74 Å². The molecule has 1 saturated heterocycles. The van der Waals surface area contributed by atoms with Crippen LogP contribution in [-0.4, -0.2) is 48.6 Å². The third-order valence-electron chi connectivity index (χ3n) is 5.08. The normalized spacial score (nSPS) is 16.0. The average molecular weight is 377 g/mol. The summed E-state index contributed by atoms with van der Waals surface area (Å²) in [6.45, 7) is 3.72. The molecule has 0 aliphatic carbocycles. The highest BCUT2D eigenvalue weighted by Crippen LogP contribution is 2.16. The second-order valence-corrected chi connectivity index (χ2v) is 6.93. The van der Waals surface area contributed by atoms with Crippen LogP contribution in [-0.2, 0) is 4.74 Å². The van der Waals surface area contributed by atoms with Crippen LogP contribution in [0.1, 0.15) is 22.0 Å². The highest BCUT2D eigenvalue weighted by atomic mass is 16.5. The van der Waals surface area contributed by atoms with E-state index in [0.29, 0.717) is 25.1 Å². The molecule has 4 rings (SSSR count). The molecule has 0 saturated carbocycles. The number of nitrogens with zero attached hydrogens (tertiary/aromatic N) is 1. The van der Waals surface area contributed by atoms with Crippen molar-refractivity contribution in [2.75, 3.05) is 32.8 Å². The van der Waals surface area contributed by atoms with Gasteiger partial charge in [-0.05, 0) is 17.7 Å². The van der Waals surface area contributed by atoms with Gasteiger partial charge in [-0.15, -0.1) is 0 Å². The van der Waals surface area contributed by atoms with E-state index in [9.17, 15) is 9.59 Å². The first-order valence-electron chi connectivity index (χ1n) is 9.49. The summed E-state index contributed by atoms with van der Waals surface area (Å²) in [5.41, 5.74) is 1.60. The van der Waals surface area contributed by atoms with Gasteiger partial charge in [0.1, 0.15) is 5.56 Å². The van der Waals surface area contributed by atoms with Gasteiger partial charge in [-0.3, -0.25) is 14.5 Å². The molecule has 28 heavy (non-hydrogen) atoms. The van der Waals surface area contributed by atoms with Crippen LogP contribution in [0.4, 0.5) is 0 Å². The van der Waals surface area contributed by atoms with Gasteiger partial charge < -0.3 is 15.0 Å². The summed E-state index contributed by atoms with van der Waals surface area (Å²) >= 11 is 0. The Hall–Kier alpha value is -2.96. The summed E-state index contributed by atoms with van der Waals surface area (Å²) in [6, 6.07) is 16.8. The van der Waals surface area contributed by atoms with E-state index in [1.54, 1.807) is 12.1 Å². The molecule has 2 heterocycles. The van der Waals surface area contributed by atoms with Crippen molar-refractivity contribution in [3.63, 3.8) is 0 Å². The zero-order valence-electron chi connectivity index (χ0n) is 15.6. The van der Waals surface area contributed by atoms with Gasteiger partial charge in [-0.25, -0.2) is 0 Å². The predicted octanol–water partition coefficient (Wildman–Crippen LogP) is 2.33. The molecule has 1 amide bonds. The zero-order chi connectivity index (χ0) is 19.3. The number of ether oxygens (including phenoxy) is 1. The van der Waals surface area contributed by atoms with Crippen LogP contribution in [0.2, 0.25) is 0 Å². The number of carbonyl (C=O) groups excluding carboxylic acids is 1. The topological polar surface area (TPSA) is 74.4 Å². The number of pyridine rings is 1. The Morgan fingerprint density at radius 3 is 2.57 bits per heavy atom. The van der Waals surface area contributed by atoms with Crippen molar-refractivity contribution in [2.45, 2.75) is 6.04 Å². The molecule has 0 bridgehead atoms. The number of H-pyrrole nitrogens is 1. The molecule has 1 aromatic heterocycles. The number of nitrogens with one attached hydrogen (secondary N) is 2. The van der Waals surface area contributed by atoms with Crippen molar-refractivity contribution in [3.8, 4) is 0 Å². The van der Waals surface area contributed by atoms with Gasteiger partial charge in [0.2, 0.25) is 5.43 Å². The maximum absolute atomic E-state index is 13.0. The lowest BCUT2D eigenvalue weighted by Crippen LogP contribution is -2.43. The average Bonchev–Trinajstić information content (AvgIpc) is 2.75. The van der Waals surface area contributed by atoms with Crippen molar-refractivity contribution >= 4 is 16.8 Å². The van der Waals surface area contributed by atoms with Gasteiger partial charge in [0.05, 0.1) is 19.3 Å². The number of fused-ring (bicyclic) bond motifs is 1. The maximum Gasteiger partial charge on any atom is 0.257 e. The number of para-hydroxylation sites is 1. The van der Waals surface area contributed by atoms with Gasteiger partial charge in [0.25, 0.3) is 5.91 Å². The van der Waals surface area contributed by atoms with E-state index in [0.717, 1.165) is 24.2 Å². The Bertz CT molecular complexity index is 1010. The lowest BCUT2D eigenvalue weighted by Gasteiger charge is -2.31. The van der Waals surface area contributed by atoms with Crippen LogP contribution in [0.5, 0.6) is 0 Å². The molecule has 1 aliphatic heterocycles. The molecule has 1 fully saturated rings. The van der Waals surface area contributed by atoms with Gasteiger partial charge in [0.15, 0.2) is 0 Å². The molecule has 2 aromatic carbocycles. The second kappa shape index (κ2) is 8.37. The number of aromatic nitrogens is 1. The standard InChI is InChI=1S/C22H23N3O3/c26-21-17-8-4-5-9-19(17)23-14-18(21)22(27)24-20(16-6-2-1-3-7-16)15-25-10-12-28-13-11-25/h1-9,14,20H,10-13,15H2,(H,23,26)(H,24,27). The SMILES string of the molecule is O=C(NC(CN1CCOCC1)c1ccccc1)c1c[nH]c2ccccc2c1=O. The Balaban J connectivity index is 1.60. The monoisotopic (exact) mass is 377 g/mol. The molecule has 6 heteroatoms. The first kappa shape index (κ1) is 18.4. The first-order chi connectivity index (χ1) is 13.7. The Kier molecular flexibility index (Phi) is 5.50. The summed E-state index contributed by atoms with van der Waals surface area (Å²) in [5, 5.41) is 3.57. The zero-order valence-corrected chi connectivity index (χ0v) is 15.6. The molecule has 2 N–H and O–H groups in total. The van der Waals surface area contributed by atoms with Crippen molar-refractivity contribution in [3.05, 3.63) is 82.1 Å². The number of hydrogen-bond acceptors (Lipinski definition) is 4. The van der Waals surface area contributed by atoms with E-state index in [1.165, 1.54) is 6.20 Å². The number of carbonyl (C=O) groups is 1. The lowest BCUT2D eigenvalue weighted by molar-refractivity contribution is 0.0332. The van der Waals surface area contributed by atoms with Crippen LogP contribution in [0.15, 0.2) is 65.6 Å². The summed E-state index contributed by atoms with van der Waals surface area (Å²) in [5.74, 6) is -0.367. The van der Waals surface area contributed by atoms with Crippen molar-refractivity contribution < 1.29 is 9.53 Å². The number of hydrogen-bond donors (Lipinski definition) is 2. The van der Waals surface area contributed by atoms with Crippen LogP contribution >= 0.6 is 0 Å². The molecule has 6 nitrogen and oxygen atoms in total. The third-order valence-corrected chi connectivity index (χ3v) is 5.08. The molecule has 1 atom stereocenters. The molecular formula is C22H23N3O3. The highest BCUT2D eigenvalue weighted by molar-refractivity contribution is 5.97. The van der Waals surface area contributed by atoms with Gasteiger partial charge in [0, 0.05) is 36.7 Å². The molecule has 1 aliphatic rings. The van der Waals surface area contributed by atoms with Crippen LogP contribution < -0.4 is 10.7 Å². The Labute approximate surface area is 163 Å². The summed E-state index contributed by atoms with van der Waals surface area (Å²) < 4.78 is 5.42. The second-order valence-electron chi connectivity index (χ2n) is 6.93. The maximum atomic E-state index is 13.0. The Morgan fingerprint density at radius 1 is 1.07 bits per heavy atom. The smallest absolute Gasteiger partial charge is 0.257 e. The number of amides is 1. The number of morpholine rings is 1. The molecular weight excluding hydrogens is 354 g/mol. The molecule has 3 aromatic rings. The third kappa shape index (κ3) is 3.98. The van der Waals surface area contributed by atoms with Gasteiger partial charge >= 0.3 is 0 Å². The predicted molar refractivity (Wildman–Crippen MR) is 108 cm³/mol. The van der Waals surface area contributed by atoms with E-state index in [2.05, 4.69) is 15.2 Å². The fourth-order valence-corrected chi connectivity index (χ4v) is 3.53. The fraction of sp³-hybridized carbons (Fsp3) is 0.273. The minimum Gasteiger partial charge on any atom is -0.379 e. The van der Waals surface area contributed by atoms with Crippen LogP contribution in [0.3, 0.4) is 0 Å². The van der Waals surface area contributed by atoms with Crippen molar-refractivity contribution in [2.24, 2.45) is 0 Å². The van der Waals surface area contributed by atoms with Gasteiger partial charge in [-0.1, -0.05) is 42.5 Å². The molecule has 0 radical (unpaired) electrons. The summed E-state index contributed by atoms with van der Waals surface area (Å²) in [6.07, 6.45) is 1.50. The van der Waals surface area contributed by atoms with E-state index >= 15 is 0 Å². The van der Waals surface area contributed by atoms with E-state index in [-0.39, 0.29) is 22.9 Å². The number of aromatic amines is 1. The quantitative estimate of drug-likeness (QED) is 0.716. The summed E-state index contributed by atoms with van der Waals surface area (Å²) in [4.78, 5) is 31.0. The Morgan fingerprint density at radius 2 is 1.79 bits per heavy atom. The fourth-order valence-electron chi connectivity index (χ4n) is 3.53. The lowest BCUT2D eigenvalue weighted by atomic mass is 10.0. The first-order valence-corrected chi connectivity index (χ1v) is 9.49. The largest absolute Gasteiger partial charge is 0.379 e. The molecule has 1 unspecified atom stereocenters. The highest BCUT2D eigenvalue weighted by Gasteiger charge is 2.22. The minimum absolute atomic E-state index is 0.126. The van der Waals surface area contributed by atoms with Crippen LogP contribution in [0.25, 0.3) is 10.9 Å².